The van der Waals surface area contributed by atoms with Gasteiger partial charge in [0.2, 0.25) is 0 Å². The average molecular weight is 206 g/mol. The molecule has 0 unspecified atom stereocenters. The maximum absolute atomic E-state index is 5.26. The number of hydrogen-bond acceptors (Lipinski definition) is 3. The van der Waals surface area contributed by atoms with Crippen molar-refractivity contribution in [3.8, 4) is 0 Å². The van der Waals surface area contributed by atoms with E-state index < -0.39 is 14.8 Å². The lowest BCUT2D eigenvalue weighted by Gasteiger charge is -2.31. The van der Waals surface area contributed by atoms with Gasteiger partial charge in [0.05, 0.1) is 0 Å². The Balaban J connectivity index is 4.21. The van der Waals surface area contributed by atoms with Crippen LogP contribution in [0.2, 0.25) is 18.1 Å². The lowest BCUT2D eigenvalue weighted by Crippen LogP contribution is -2.39. The summed E-state index contributed by atoms with van der Waals surface area (Å²) in [4.78, 5) is 0. The number of methoxy groups -OCH3 is 3. The quantitative estimate of drug-likeness (QED) is 0.470. The van der Waals surface area contributed by atoms with Crippen LogP contribution >= 0.6 is 0 Å². The molecule has 0 heterocycles. The van der Waals surface area contributed by atoms with Gasteiger partial charge in [-0.25, -0.2) is 0 Å². The predicted octanol–water partition coefficient (Wildman–Crippen LogP) is 1.85. The molecule has 0 saturated carbocycles. The van der Waals surface area contributed by atoms with Crippen LogP contribution in [0.25, 0.3) is 0 Å². The second-order valence-corrected chi connectivity index (χ2v) is 6.96. The van der Waals surface area contributed by atoms with Gasteiger partial charge in [-0.2, -0.15) is 0 Å². The van der Waals surface area contributed by atoms with Crippen molar-refractivity contribution in [2.24, 2.45) is 0 Å². The monoisotopic (exact) mass is 206 g/mol. The summed E-state index contributed by atoms with van der Waals surface area (Å²) in [5, 5.41) is 0. The molecule has 0 amide bonds. The molecule has 0 fully saturated rings. The Labute approximate surface area is 83.0 Å². The van der Waals surface area contributed by atoms with Crippen LogP contribution in [0.1, 0.15) is 13.8 Å². The highest BCUT2D eigenvalue weighted by atomic mass is 28.3. The van der Waals surface area contributed by atoms with E-state index in [1.54, 1.807) is 21.3 Å². The summed E-state index contributed by atoms with van der Waals surface area (Å²) in [6.45, 7) is 4.46. The molecule has 80 valence electrons. The minimum absolute atomic E-state index is 0.745. The standard InChI is InChI=1S/C9H22O3Si/c1-6-13(7-2)8-9(10-3,11-4)12-5/h13H,6-8H2,1-5H3. The SMILES string of the molecule is CC[SiH](CC)CC(OC)(OC)OC. The molecule has 0 aromatic rings. The molecule has 0 rings (SSSR count). The Morgan fingerprint density at radius 3 is 1.54 bits per heavy atom. The Bertz CT molecular complexity index is 114. The van der Waals surface area contributed by atoms with Crippen LogP contribution in [0.15, 0.2) is 0 Å². The van der Waals surface area contributed by atoms with Gasteiger partial charge in [0.1, 0.15) is 0 Å². The van der Waals surface area contributed by atoms with Crippen LogP contribution in [0.5, 0.6) is 0 Å². The third kappa shape index (κ3) is 3.77. The molecule has 0 N–H and O–H groups in total. The first-order valence-corrected chi connectivity index (χ1v) is 7.28. The van der Waals surface area contributed by atoms with Crippen molar-refractivity contribution < 1.29 is 14.2 Å². The highest BCUT2D eigenvalue weighted by Crippen LogP contribution is 2.22. The maximum atomic E-state index is 5.26. The fourth-order valence-corrected chi connectivity index (χ4v) is 3.79. The highest BCUT2D eigenvalue weighted by molar-refractivity contribution is 6.58. The molecule has 0 bridgehead atoms. The molecular formula is C9H22O3Si. The minimum Gasteiger partial charge on any atom is -0.331 e. The summed E-state index contributed by atoms with van der Waals surface area (Å²) in [5.41, 5.74) is 0. The van der Waals surface area contributed by atoms with Gasteiger partial charge in [0, 0.05) is 36.2 Å². The topological polar surface area (TPSA) is 27.7 Å². The first-order chi connectivity index (χ1) is 6.17. The molecule has 0 radical (unpaired) electrons. The van der Waals surface area contributed by atoms with Crippen molar-refractivity contribution in [3.05, 3.63) is 0 Å². The van der Waals surface area contributed by atoms with Crippen LogP contribution in [-0.2, 0) is 14.2 Å². The van der Waals surface area contributed by atoms with E-state index in [-0.39, 0.29) is 0 Å². The highest BCUT2D eigenvalue weighted by Gasteiger charge is 2.32. The maximum Gasteiger partial charge on any atom is 0.279 e. The van der Waals surface area contributed by atoms with Crippen LogP contribution < -0.4 is 0 Å². The second kappa shape index (κ2) is 6.54. The normalized spacial score (nSPS) is 12.5. The van der Waals surface area contributed by atoms with E-state index in [4.69, 9.17) is 14.2 Å². The zero-order chi connectivity index (χ0) is 10.3. The molecule has 3 nitrogen and oxygen atoms in total. The van der Waals surface area contributed by atoms with Crippen molar-refractivity contribution in [1.82, 2.24) is 0 Å². The zero-order valence-electron chi connectivity index (χ0n) is 9.42. The third-order valence-corrected chi connectivity index (χ3v) is 6.01. The van der Waals surface area contributed by atoms with Gasteiger partial charge in [0.25, 0.3) is 5.97 Å². The number of rotatable bonds is 7. The van der Waals surface area contributed by atoms with E-state index >= 15 is 0 Å². The van der Waals surface area contributed by atoms with Gasteiger partial charge in [-0.1, -0.05) is 25.9 Å². The summed E-state index contributed by atoms with van der Waals surface area (Å²) in [6, 6.07) is 3.44. The van der Waals surface area contributed by atoms with Crippen molar-refractivity contribution in [2.45, 2.75) is 38.0 Å². The molecule has 13 heavy (non-hydrogen) atoms. The van der Waals surface area contributed by atoms with Crippen LogP contribution in [0.4, 0.5) is 0 Å². The summed E-state index contributed by atoms with van der Waals surface area (Å²) in [7, 11) is 4.14. The number of ether oxygens (including phenoxy) is 3. The summed E-state index contributed by atoms with van der Waals surface area (Å²) >= 11 is 0. The lowest BCUT2D eigenvalue weighted by molar-refractivity contribution is -0.340. The average Bonchev–Trinajstić information content (AvgIpc) is 2.21. The summed E-state index contributed by atoms with van der Waals surface area (Å²) in [5.74, 6) is -0.789. The van der Waals surface area contributed by atoms with E-state index in [0.717, 1.165) is 6.04 Å². The van der Waals surface area contributed by atoms with Gasteiger partial charge in [0.15, 0.2) is 0 Å². The van der Waals surface area contributed by atoms with Gasteiger partial charge in [-0.05, 0) is 0 Å². The molecular weight excluding hydrogens is 184 g/mol. The van der Waals surface area contributed by atoms with Gasteiger partial charge < -0.3 is 14.2 Å². The Morgan fingerprint density at radius 1 is 0.923 bits per heavy atom. The summed E-state index contributed by atoms with van der Waals surface area (Å²) in [6.07, 6.45) is 0. The molecule has 4 heteroatoms. The predicted molar refractivity (Wildman–Crippen MR) is 56.7 cm³/mol. The van der Waals surface area contributed by atoms with Crippen LogP contribution in [0, 0.1) is 0 Å². The molecule has 0 spiro atoms. The van der Waals surface area contributed by atoms with E-state index in [2.05, 4.69) is 13.8 Å². The van der Waals surface area contributed by atoms with Crippen LogP contribution in [-0.4, -0.2) is 36.1 Å². The molecule has 0 aliphatic heterocycles. The van der Waals surface area contributed by atoms with E-state index in [1.165, 1.54) is 12.1 Å². The lowest BCUT2D eigenvalue weighted by atomic mass is 10.6. The van der Waals surface area contributed by atoms with Crippen molar-refractivity contribution in [3.63, 3.8) is 0 Å². The van der Waals surface area contributed by atoms with Crippen molar-refractivity contribution >= 4 is 8.80 Å². The summed E-state index contributed by atoms with van der Waals surface area (Å²) < 4.78 is 15.8. The molecule has 0 aliphatic rings. The molecule has 0 saturated heterocycles. The van der Waals surface area contributed by atoms with Gasteiger partial charge in [-0.15, -0.1) is 0 Å². The first kappa shape index (κ1) is 13.1. The minimum atomic E-state index is -0.789. The molecule has 0 aliphatic carbocycles. The van der Waals surface area contributed by atoms with E-state index in [1.807, 2.05) is 0 Å². The number of hydrogen-bond donors (Lipinski definition) is 0. The van der Waals surface area contributed by atoms with Crippen molar-refractivity contribution in [1.29, 1.82) is 0 Å². The fraction of sp³-hybridized carbons (Fsp3) is 1.00. The fourth-order valence-electron chi connectivity index (χ4n) is 1.43. The molecule has 0 aromatic heterocycles. The molecule has 0 atom stereocenters. The Morgan fingerprint density at radius 2 is 1.31 bits per heavy atom. The Kier molecular flexibility index (Phi) is 6.58. The van der Waals surface area contributed by atoms with Gasteiger partial charge in [-0.3, -0.25) is 0 Å². The third-order valence-electron chi connectivity index (χ3n) is 2.63. The molecule has 0 aromatic carbocycles. The van der Waals surface area contributed by atoms with Crippen molar-refractivity contribution in [2.75, 3.05) is 21.3 Å². The van der Waals surface area contributed by atoms with Crippen LogP contribution in [0.3, 0.4) is 0 Å². The zero-order valence-corrected chi connectivity index (χ0v) is 10.6. The van der Waals surface area contributed by atoms with E-state index in [9.17, 15) is 0 Å². The van der Waals surface area contributed by atoms with Gasteiger partial charge >= 0.3 is 0 Å². The smallest absolute Gasteiger partial charge is 0.279 e. The Hall–Kier alpha value is 0.0969. The second-order valence-electron chi connectivity index (χ2n) is 3.18. The van der Waals surface area contributed by atoms with E-state index in [0.29, 0.717) is 0 Å². The first-order valence-electron chi connectivity index (χ1n) is 4.83. The largest absolute Gasteiger partial charge is 0.331 e.